The van der Waals surface area contributed by atoms with Crippen LogP contribution in [0.25, 0.3) is 11.1 Å². The largest absolute Gasteiger partial charge is 0.488 e. The maximum Gasteiger partial charge on any atom is 0.323 e. The molecule has 0 aliphatic carbocycles. The smallest absolute Gasteiger partial charge is 0.323 e. The van der Waals surface area contributed by atoms with Crippen molar-refractivity contribution in [1.29, 1.82) is 0 Å². The lowest BCUT2D eigenvalue weighted by molar-refractivity contribution is 0.0341. The molecular weight excluding hydrogens is 552 g/mol. The predicted octanol–water partition coefficient (Wildman–Crippen LogP) is 6.35. The Morgan fingerprint density at radius 2 is 1.57 bits per heavy atom. The fraction of sp³-hybridized carbons (Fsp3) is 0.278. The molecule has 0 saturated carbocycles. The van der Waals surface area contributed by atoms with E-state index in [0.717, 1.165) is 6.54 Å². The minimum atomic E-state index is -0.416. The number of ether oxygens (including phenoxy) is 1. The Labute approximate surface area is 259 Å². The third-order valence-electron chi connectivity index (χ3n) is 7.96. The van der Waals surface area contributed by atoms with Crippen LogP contribution in [0.2, 0.25) is 0 Å². The molecule has 1 aliphatic heterocycles. The van der Waals surface area contributed by atoms with Crippen LogP contribution in [0.3, 0.4) is 0 Å². The second-order valence-corrected chi connectivity index (χ2v) is 11.5. The Bertz CT molecular complexity index is 1550. The number of benzene rings is 4. The molecule has 3 amide bonds. The summed E-state index contributed by atoms with van der Waals surface area (Å²) in [6.07, 6.45) is -0.218. The van der Waals surface area contributed by atoms with Crippen LogP contribution in [-0.4, -0.2) is 65.7 Å². The minimum absolute atomic E-state index is 0.00143. The molecule has 0 spiro atoms. The summed E-state index contributed by atoms with van der Waals surface area (Å²) in [6, 6.07) is 32.4. The standard InChI is InChI=1S/C36H40N4O4/c1-25-21-40(26(2)24-41)35(42)32-20-31(38-36(43)37-30-12-8-5-9-13-30)18-19-33(32)44-34(25)23-39(3)22-27-14-16-29(17-15-27)28-10-6-4-7-11-28/h4-20,25-26,34,41H,21-24H2,1-3H3,(H2,37,38,43)/t25-,26-,34-/m1/s1. The van der Waals surface area contributed by atoms with E-state index in [-0.39, 0.29) is 30.6 Å². The van der Waals surface area contributed by atoms with E-state index in [1.54, 1.807) is 35.2 Å². The highest BCUT2D eigenvalue weighted by Gasteiger charge is 2.33. The predicted molar refractivity (Wildman–Crippen MR) is 175 cm³/mol. The van der Waals surface area contributed by atoms with Gasteiger partial charge in [-0.2, -0.15) is 0 Å². The number of hydrogen-bond donors (Lipinski definition) is 3. The van der Waals surface area contributed by atoms with Gasteiger partial charge in [0.1, 0.15) is 11.9 Å². The van der Waals surface area contributed by atoms with Crippen molar-refractivity contribution in [2.24, 2.45) is 5.92 Å². The van der Waals surface area contributed by atoms with E-state index in [0.29, 0.717) is 35.8 Å². The first kappa shape index (κ1) is 30.8. The number of fused-ring (bicyclic) bond motifs is 1. The molecule has 4 aromatic carbocycles. The molecule has 228 valence electrons. The van der Waals surface area contributed by atoms with Crippen molar-refractivity contribution < 1.29 is 19.4 Å². The molecule has 8 heteroatoms. The van der Waals surface area contributed by atoms with Gasteiger partial charge in [0, 0.05) is 36.9 Å². The number of rotatable bonds is 9. The molecular formula is C36H40N4O4. The molecule has 8 nitrogen and oxygen atoms in total. The summed E-state index contributed by atoms with van der Waals surface area (Å²) in [6.45, 7) is 5.56. The van der Waals surface area contributed by atoms with E-state index >= 15 is 0 Å². The van der Waals surface area contributed by atoms with E-state index in [4.69, 9.17) is 4.74 Å². The molecule has 3 N–H and O–H groups in total. The topological polar surface area (TPSA) is 94.1 Å². The van der Waals surface area contributed by atoms with Gasteiger partial charge in [-0.3, -0.25) is 9.69 Å². The zero-order chi connectivity index (χ0) is 31.1. The number of amides is 3. The van der Waals surface area contributed by atoms with Crippen LogP contribution >= 0.6 is 0 Å². The number of aliphatic hydroxyl groups is 1. The van der Waals surface area contributed by atoms with Crippen LogP contribution in [0, 0.1) is 5.92 Å². The third-order valence-corrected chi connectivity index (χ3v) is 7.96. The number of anilines is 2. The average molecular weight is 593 g/mol. The van der Waals surface area contributed by atoms with Crippen LogP contribution < -0.4 is 15.4 Å². The maximum atomic E-state index is 13.8. The van der Waals surface area contributed by atoms with Gasteiger partial charge in [0.05, 0.1) is 18.2 Å². The monoisotopic (exact) mass is 592 g/mol. The summed E-state index contributed by atoms with van der Waals surface area (Å²) in [7, 11) is 2.07. The van der Waals surface area contributed by atoms with Crippen LogP contribution in [0.1, 0.15) is 29.8 Å². The Balaban J connectivity index is 1.32. The first-order valence-electron chi connectivity index (χ1n) is 15.0. The minimum Gasteiger partial charge on any atom is -0.488 e. The van der Waals surface area contributed by atoms with Gasteiger partial charge in [0.25, 0.3) is 5.91 Å². The van der Waals surface area contributed by atoms with Gasteiger partial charge in [0.2, 0.25) is 0 Å². The number of likely N-dealkylation sites (N-methyl/N-ethyl adjacent to an activating group) is 1. The quantitative estimate of drug-likeness (QED) is 0.211. The molecule has 5 rings (SSSR count). The Hall–Kier alpha value is -4.66. The first-order valence-corrected chi connectivity index (χ1v) is 15.0. The zero-order valence-corrected chi connectivity index (χ0v) is 25.4. The number of aliphatic hydroxyl groups excluding tert-OH is 1. The highest BCUT2D eigenvalue weighted by molar-refractivity contribution is 6.02. The number of para-hydroxylation sites is 1. The van der Waals surface area contributed by atoms with Crippen LogP contribution in [0.5, 0.6) is 5.75 Å². The normalized spacial score (nSPS) is 17.2. The second kappa shape index (κ2) is 14.2. The molecule has 3 atom stereocenters. The molecule has 0 fully saturated rings. The number of urea groups is 1. The summed E-state index contributed by atoms with van der Waals surface area (Å²) >= 11 is 0. The fourth-order valence-corrected chi connectivity index (χ4v) is 5.45. The molecule has 0 radical (unpaired) electrons. The van der Waals surface area contributed by atoms with Crippen LogP contribution in [0.15, 0.2) is 103 Å². The second-order valence-electron chi connectivity index (χ2n) is 11.5. The van der Waals surface area contributed by atoms with Gasteiger partial charge >= 0.3 is 6.03 Å². The molecule has 0 aromatic heterocycles. The van der Waals surface area contributed by atoms with Gasteiger partial charge in [-0.25, -0.2) is 4.79 Å². The van der Waals surface area contributed by atoms with Gasteiger partial charge in [-0.15, -0.1) is 0 Å². The molecule has 44 heavy (non-hydrogen) atoms. The Morgan fingerprint density at radius 3 is 2.25 bits per heavy atom. The number of nitrogens with one attached hydrogen (secondary N) is 2. The average Bonchev–Trinajstić information content (AvgIpc) is 3.04. The highest BCUT2D eigenvalue weighted by Crippen LogP contribution is 2.31. The van der Waals surface area contributed by atoms with E-state index < -0.39 is 6.03 Å². The van der Waals surface area contributed by atoms with Crippen LogP contribution in [0.4, 0.5) is 16.2 Å². The first-order chi connectivity index (χ1) is 21.3. The van der Waals surface area contributed by atoms with Gasteiger partial charge in [-0.1, -0.05) is 79.7 Å². The zero-order valence-electron chi connectivity index (χ0n) is 25.4. The lowest BCUT2D eigenvalue weighted by atomic mass is 9.99. The van der Waals surface area contributed by atoms with Crippen molar-refractivity contribution in [3.8, 4) is 16.9 Å². The summed E-state index contributed by atoms with van der Waals surface area (Å²) in [4.78, 5) is 30.3. The summed E-state index contributed by atoms with van der Waals surface area (Å²) in [5.74, 6) is 0.209. The lowest BCUT2D eigenvalue weighted by Gasteiger charge is -2.38. The van der Waals surface area contributed by atoms with Crippen molar-refractivity contribution in [3.05, 3.63) is 114 Å². The summed E-state index contributed by atoms with van der Waals surface area (Å²) in [5, 5.41) is 15.6. The summed E-state index contributed by atoms with van der Waals surface area (Å²) in [5.41, 5.74) is 5.03. The lowest BCUT2D eigenvalue weighted by Crippen LogP contribution is -2.49. The molecule has 4 aromatic rings. The molecule has 1 heterocycles. The number of hydrogen-bond acceptors (Lipinski definition) is 5. The number of carbonyl (C=O) groups is 2. The van der Waals surface area contributed by atoms with Gasteiger partial charge < -0.3 is 25.4 Å². The van der Waals surface area contributed by atoms with Crippen molar-refractivity contribution in [3.63, 3.8) is 0 Å². The van der Waals surface area contributed by atoms with Crippen LogP contribution in [-0.2, 0) is 6.54 Å². The van der Waals surface area contributed by atoms with Crippen molar-refractivity contribution in [2.45, 2.75) is 32.5 Å². The van der Waals surface area contributed by atoms with Crippen molar-refractivity contribution in [2.75, 3.05) is 37.4 Å². The van der Waals surface area contributed by atoms with E-state index in [9.17, 15) is 14.7 Å². The third kappa shape index (κ3) is 7.64. The molecule has 0 unspecified atom stereocenters. The van der Waals surface area contributed by atoms with E-state index in [1.165, 1.54) is 16.7 Å². The molecule has 0 bridgehead atoms. The summed E-state index contributed by atoms with van der Waals surface area (Å²) < 4.78 is 6.54. The SMILES string of the molecule is C[C@@H]1CN([C@H](C)CO)C(=O)c2cc(NC(=O)Nc3ccccc3)ccc2O[C@@H]1CN(C)Cc1ccc(-c2ccccc2)cc1. The van der Waals surface area contributed by atoms with E-state index in [1.807, 2.05) is 43.3 Å². The van der Waals surface area contributed by atoms with Crippen molar-refractivity contribution >= 4 is 23.3 Å². The van der Waals surface area contributed by atoms with Gasteiger partial charge in [-0.05, 0) is 61.0 Å². The Morgan fingerprint density at radius 1 is 0.932 bits per heavy atom. The number of nitrogens with zero attached hydrogens (tertiary/aromatic N) is 2. The maximum absolute atomic E-state index is 13.8. The van der Waals surface area contributed by atoms with Gasteiger partial charge in [0.15, 0.2) is 0 Å². The van der Waals surface area contributed by atoms with Crippen molar-refractivity contribution in [1.82, 2.24) is 9.80 Å². The molecule has 1 aliphatic rings. The number of carbonyl (C=O) groups excluding carboxylic acids is 2. The fourth-order valence-electron chi connectivity index (χ4n) is 5.45. The molecule has 0 saturated heterocycles. The van der Waals surface area contributed by atoms with E-state index in [2.05, 4.69) is 65.9 Å². The Kier molecular flexibility index (Phi) is 9.94. The highest BCUT2D eigenvalue weighted by atomic mass is 16.5.